The van der Waals surface area contributed by atoms with Gasteiger partial charge in [-0.05, 0) is 149 Å². The largest absolute Gasteiger partial charge is 0.294 e. The first-order valence-electron chi connectivity index (χ1n) is 23.4. The lowest BCUT2D eigenvalue weighted by Gasteiger charge is -2.49. The van der Waals surface area contributed by atoms with Gasteiger partial charge in [0.2, 0.25) is 0 Å². The van der Waals surface area contributed by atoms with Crippen LogP contribution in [0.15, 0.2) is 0 Å². The number of fused-ring (bicyclic) bond motifs is 8. The van der Waals surface area contributed by atoms with Gasteiger partial charge in [-0.25, -0.2) is 0 Å². The van der Waals surface area contributed by atoms with Crippen LogP contribution in [-0.2, 0) is 0 Å². The van der Waals surface area contributed by atoms with Crippen LogP contribution in [0.5, 0.6) is 0 Å². The van der Waals surface area contributed by atoms with Gasteiger partial charge >= 0.3 is 0 Å². The highest BCUT2D eigenvalue weighted by atomic mass is 15.3. The minimum atomic E-state index is 0.941. The number of likely N-dealkylation sites (tertiary alicyclic amines) is 2. The first-order chi connectivity index (χ1) is 23.8. The molecule has 0 aromatic carbocycles. The number of nitrogens with zero attached hydrogens (tertiary/aromatic N) is 2. The van der Waals surface area contributed by atoms with E-state index >= 15 is 0 Å². The lowest BCUT2D eigenvalue weighted by Crippen LogP contribution is -2.53. The Morgan fingerprint density at radius 1 is 0.250 bits per heavy atom. The second-order valence-corrected chi connectivity index (χ2v) is 20.7. The van der Waals surface area contributed by atoms with Crippen LogP contribution in [0.1, 0.15) is 193 Å². The molecule has 0 amide bonds. The van der Waals surface area contributed by atoms with Gasteiger partial charge in [0.05, 0.1) is 0 Å². The van der Waals surface area contributed by atoms with Crippen LogP contribution >= 0.6 is 0 Å². The number of hydrogen-bond acceptors (Lipinski definition) is 2. The molecule has 2 aliphatic heterocycles. The molecule has 0 radical (unpaired) electrons. The van der Waals surface area contributed by atoms with Crippen molar-refractivity contribution in [1.82, 2.24) is 9.80 Å². The zero-order valence-corrected chi connectivity index (χ0v) is 31.3. The molecular weight excluding hydrogens is 581 g/mol. The molecule has 0 spiro atoms. The van der Waals surface area contributed by atoms with Gasteiger partial charge in [0, 0.05) is 36.3 Å². The summed E-state index contributed by atoms with van der Waals surface area (Å²) in [6, 6.07) is 5.73. The van der Waals surface area contributed by atoms with Gasteiger partial charge in [-0.15, -0.1) is 0 Å². The molecule has 10 rings (SSSR count). The van der Waals surface area contributed by atoms with E-state index in [-0.39, 0.29) is 0 Å². The van der Waals surface area contributed by atoms with Crippen LogP contribution in [0.4, 0.5) is 0 Å². The topological polar surface area (TPSA) is 6.48 Å². The molecule has 8 saturated carbocycles. The second kappa shape index (κ2) is 14.0. The first-order valence-corrected chi connectivity index (χ1v) is 23.4. The second-order valence-electron chi connectivity index (χ2n) is 20.7. The molecule has 8 aliphatic carbocycles. The van der Waals surface area contributed by atoms with Gasteiger partial charge < -0.3 is 0 Å². The van der Waals surface area contributed by atoms with Crippen molar-refractivity contribution in [3.8, 4) is 0 Å². The van der Waals surface area contributed by atoms with E-state index in [1.165, 1.54) is 44.9 Å². The average molecular weight is 657 g/mol. The molecule has 48 heavy (non-hydrogen) atoms. The molecular formula is C46H76N2. The fraction of sp³-hybridized carbons (Fsp3) is 1.00. The maximum Gasteiger partial charge on any atom is 0.0137 e. The van der Waals surface area contributed by atoms with Crippen molar-refractivity contribution in [3.05, 3.63) is 0 Å². The van der Waals surface area contributed by atoms with E-state index in [1.54, 1.807) is 148 Å². The highest BCUT2D eigenvalue weighted by Crippen LogP contribution is 2.62. The van der Waals surface area contributed by atoms with Crippen LogP contribution in [0.25, 0.3) is 0 Å². The van der Waals surface area contributed by atoms with Crippen molar-refractivity contribution in [2.24, 2.45) is 59.2 Å². The van der Waals surface area contributed by atoms with Gasteiger partial charge in [-0.3, -0.25) is 9.80 Å². The molecule has 0 aromatic rings. The summed E-state index contributed by atoms with van der Waals surface area (Å²) < 4.78 is 0. The van der Waals surface area contributed by atoms with Crippen LogP contribution in [0, 0.1) is 59.2 Å². The molecule has 0 N–H and O–H groups in total. The third-order valence-corrected chi connectivity index (χ3v) is 19.0. The summed E-state index contributed by atoms with van der Waals surface area (Å²) in [7, 11) is 0. The van der Waals surface area contributed by atoms with E-state index in [4.69, 9.17) is 0 Å². The van der Waals surface area contributed by atoms with E-state index in [1.807, 2.05) is 0 Å². The standard InChI is InChI=1S/C46H76N2/c1-3-12-31(13-4-1)36-24-25-42-40(30-36)46-44(27-26-43-45(46)39-20-9-10-21-41(39)47(43)37-17-5-2-6-18-37)48(42)38-19-11-16-34(29-38)35-23-22-32-14-7-8-15-33(32)28-35/h31-46H,1-30H2. The van der Waals surface area contributed by atoms with Crippen molar-refractivity contribution in [1.29, 1.82) is 0 Å². The smallest absolute Gasteiger partial charge is 0.0137 e. The van der Waals surface area contributed by atoms with Crippen molar-refractivity contribution in [2.75, 3.05) is 0 Å². The third kappa shape index (κ3) is 5.75. The molecule has 2 heteroatoms. The molecule has 2 heterocycles. The van der Waals surface area contributed by atoms with Gasteiger partial charge in [0.1, 0.15) is 0 Å². The lowest BCUT2D eigenvalue weighted by atomic mass is 9.59. The summed E-state index contributed by atoms with van der Waals surface area (Å²) in [5.74, 6) is 10.8. The molecule has 10 aliphatic rings. The Labute approximate surface area is 297 Å². The molecule has 270 valence electrons. The molecule has 2 saturated heterocycles. The van der Waals surface area contributed by atoms with E-state index in [9.17, 15) is 0 Å². The normalized spacial score (nSPS) is 51.0. The highest BCUT2D eigenvalue weighted by molar-refractivity contribution is 5.16. The third-order valence-electron chi connectivity index (χ3n) is 19.0. The molecule has 0 aromatic heterocycles. The predicted octanol–water partition coefficient (Wildman–Crippen LogP) is 11.8. The fourth-order valence-corrected chi connectivity index (χ4v) is 17.3. The Hall–Kier alpha value is -0.0800. The van der Waals surface area contributed by atoms with Crippen molar-refractivity contribution in [3.63, 3.8) is 0 Å². The highest BCUT2D eigenvalue weighted by Gasteiger charge is 2.64. The van der Waals surface area contributed by atoms with E-state index in [0.717, 1.165) is 95.4 Å². The van der Waals surface area contributed by atoms with E-state index in [0.29, 0.717) is 0 Å². The zero-order valence-electron chi connectivity index (χ0n) is 31.3. The average Bonchev–Trinajstić information content (AvgIpc) is 3.68. The summed E-state index contributed by atoms with van der Waals surface area (Å²) in [5, 5.41) is 0. The van der Waals surface area contributed by atoms with Crippen molar-refractivity contribution >= 4 is 0 Å². The van der Waals surface area contributed by atoms with Crippen LogP contribution < -0.4 is 0 Å². The summed E-state index contributed by atoms with van der Waals surface area (Å²) in [6.07, 6.45) is 47.0. The lowest BCUT2D eigenvalue weighted by molar-refractivity contribution is 0.00394. The first kappa shape index (κ1) is 32.6. The number of rotatable bonds is 4. The number of hydrogen-bond donors (Lipinski definition) is 0. The molecule has 14 unspecified atom stereocenters. The minimum absolute atomic E-state index is 0.941. The van der Waals surface area contributed by atoms with Crippen LogP contribution in [0.3, 0.4) is 0 Å². The molecule has 0 bridgehead atoms. The van der Waals surface area contributed by atoms with E-state index < -0.39 is 0 Å². The Kier molecular flexibility index (Phi) is 9.53. The molecule has 10 fully saturated rings. The summed E-state index contributed by atoms with van der Waals surface area (Å²) in [5.41, 5.74) is 0. The van der Waals surface area contributed by atoms with E-state index in [2.05, 4.69) is 9.80 Å². The van der Waals surface area contributed by atoms with Gasteiger partial charge in [-0.1, -0.05) is 103 Å². The molecule has 14 atom stereocenters. The van der Waals surface area contributed by atoms with Crippen LogP contribution in [0.2, 0.25) is 0 Å². The summed E-state index contributed by atoms with van der Waals surface area (Å²) in [4.78, 5) is 6.81. The predicted molar refractivity (Wildman–Crippen MR) is 200 cm³/mol. The Morgan fingerprint density at radius 3 is 1.52 bits per heavy atom. The van der Waals surface area contributed by atoms with Crippen molar-refractivity contribution < 1.29 is 0 Å². The van der Waals surface area contributed by atoms with Gasteiger partial charge in [-0.2, -0.15) is 0 Å². The Morgan fingerprint density at radius 2 is 0.708 bits per heavy atom. The minimum Gasteiger partial charge on any atom is -0.294 e. The van der Waals surface area contributed by atoms with Crippen molar-refractivity contribution in [2.45, 2.75) is 229 Å². The Balaban J connectivity index is 0.940. The summed E-state index contributed by atoms with van der Waals surface area (Å²) >= 11 is 0. The van der Waals surface area contributed by atoms with Gasteiger partial charge in [0.25, 0.3) is 0 Å². The monoisotopic (exact) mass is 657 g/mol. The SMILES string of the molecule is C1CCC(C2CCC3C(C2)C2C4C5CCCCC5N(C5CCCCC5)C4CCC2N3C2CCCC(C3CCC4CCCCC4C3)C2)CC1. The van der Waals surface area contributed by atoms with Crippen LogP contribution in [-0.4, -0.2) is 46.1 Å². The Bertz CT molecular complexity index is 1070. The maximum atomic E-state index is 3.46. The summed E-state index contributed by atoms with van der Waals surface area (Å²) in [6.45, 7) is 0. The van der Waals surface area contributed by atoms with Gasteiger partial charge in [0.15, 0.2) is 0 Å². The quantitative estimate of drug-likeness (QED) is 0.297. The zero-order chi connectivity index (χ0) is 31.6. The molecule has 2 nitrogen and oxygen atoms in total. The maximum absolute atomic E-state index is 3.46. The fourth-order valence-electron chi connectivity index (χ4n) is 17.3.